The molecule has 1 N–H and O–H groups in total. The summed E-state index contributed by atoms with van der Waals surface area (Å²) >= 11 is 0. The molecule has 0 fully saturated rings. The molecule has 0 unspecified atom stereocenters. The lowest BCUT2D eigenvalue weighted by Gasteiger charge is -2.31. The summed E-state index contributed by atoms with van der Waals surface area (Å²) in [6, 6.07) is 14.7. The van der Waals surface area contributed by atoms with Gasteiger partial charge in [0.1, 0.15) is 13.2 Å². The van der Waals surface area contributed by atoms with Gasteiger partial charge >= 0.3 is 5.97 Å². The standard InChI is InChI=1S/C29H42N2O3.BrH/c1-5-8-9-10-11-12-15-24-16-13-14-17-27(24)28(32)30-26-20-18-25(19-21-26)29(33)34-23-22-31(4,6-2)7-3;/h13-14,16-21H,5-12,15,22-23H2,1-4H3;1H. The van der Waals surface area contributed by atoms with Crippen LogP contribution >= 0.6 is 0 Å². The van der Waals surface area contributed by atoms with Crippen molar-refractivity contribution in [2.45, 2.75) is 65.7 Å². The van der Waals surface area contributed by atoms with Crippen LogP contribution in [0.5, 0.6) is 0 Å². The number of esters is 1. The zero-order valence-corrected chi connectivity index (χ0v) is 23.5. The van der Waals surface area contributed by atoms with Crippen LogP contribution in [-0.4, -0.2) is 49.6 Å². The maximum absolute atomic E-state index is 12.9. The van der Waals surface area contributed by atoms with Crippen molar-refractivity contribution in [2.24, 2.45) is 0 Å². The molecule has 0 heterocycles. The molecule has 0 aliphatic heterocycles. The van der Waals surface area contributed by atoms with E-state index in [4.69, 9.17) is 4.74 Å². The van der Waals surface area contributed by atoms with E-state index in [1.54, 1.807) is 24.3 Å². The second-order valence-electron chi connectivity index (χ2n) is 9.32. The predicted octanol–water partition coefficient (Wildman–Crippen LogP) is 3.49. The number of amides is 1. The topological polar surface area (TPSA) is 55.4 Å². The smallest absolute Gasteiger partial charge is 0.338 e. The number of halogens is 1. The molecule has 1 amide bonds. The van der Waals surface area contributed by atoms with E-state index in [0.29, 0.717) is 23.4 Å². The molecule has 0 aromatic heterocycles. The number of ether oxygens (including phenoxy) is 1. The van der Waals surface area contributed by atoms with Gasteiger partial charge in [-0.15, -0.1) is 0 Å². The molecule has 35 heavy (non-hydrogen) atoms. The van der Waals surface area contributed by atoms with Crippen LogP contribution in [0.25, 0.3) is 0 Å². The van der Waals surface area contributed by atoms with Gasteiger partial charge in [0.2, 0.25) is 0 Å². The van der Waals surface area contributed by atoms with Crippen LogP contribution in [0.2, 0.25) is 0 Å². The van der Waals surface area contributed by atoms with Crippen LogP contribution in [0, 0.1) is 0 Å². The Hall–Kier alpha value is -2.18. The molecule has 0 saturated heterocycles. The third-order valence-electron chi connectivity index (χ3n) is 6.83. The summed E-state index contributed by atoms with van der Waals surface area (Å²) in [7, 11) is 2.16. The highest BCUT2D eigenvalue weighted by Gasteiger charge is 2.17. The zero-order chi connectivity index (χ0) is 24.8. The molecular formula is C29H43BrN2O3. The molecule has 2 aromatic carbocycles. The van der Waals surface area contributed by atoms with Crippen molar-refractivity contribution in [3.05, 3.63) is 65.2 Å². The first kappa shape index (κ1) is 30.9. The molecule has 0 aliphatic rings. The molecular weight excluding hydrogens is 504 g/mol. The van der Waals surface area contributed by atoms with Gasteiger partial charge in [-0.1, -0.05) is 57.2 Å². The number of quaternary nitrogens is 1. The minimum atomic E-state index is -0.332. The van der Waals surface area contributed by atoms with Crippen LogP contribution in [-0.2, 0) is 11.2 Å². The van der Waals surface area contributed by atoms with E-state index in [9.17, 15) is 9.59 Å². The average molecular weight is 548 g/mol. The largest absolute Gasteiger partial charge is 1.00 e. The number of nitrogens with one attached hydrogen (secondary N) is 1. The Kier molecular flexibility index (Phi) is 14.5. The van der Waals surface area contributed by atoms with Crippen LogP contribution < -0.4 is 22.3 Å². The predicted molar refractivity (Wildman–Crippen MR) is 140 cm³/mol. The molecule has 194 valence electrons. The van der Waals surface area contributed by atoms with E-state index >= 15 is 0 Å². The second kappa shape index (κ2) is 16.5. The van der Waals surface area contributed by atoms with Crippen LogP contribution in [0.4, 0.5) is 5.69 Å². The van der Waals surface area contributed by atoms with Gasteiger partial charge in [-0.05, 0) is 62.6 Å². The minimum absolute atomic E-state index is 0. The van der Waals surface area contributed by atoms with Crippen molar-refractivity contribution in [3.8, 4) is 0 Å². The van der Waals surface area contributed by atoms with Crippen molar-refractivity contribution in [1.29, 1.82) is 0 Å². The lowest BCUT2D eigenvalue weighted by atomic mass is 10.00. The van der Waals surface area contributed by atoms with E-state index in [0.717, 1.165) is 42.5 Å². The first-order valence-corrected chi connectivity index (χ1v) is 12.9. The number of carbonyl (C=O) groups is 2. The summed E-state index contributed by atoms with van der Waals surface area (Å²) in [5.74, 6) is -0.450. The number of rotatable bonds is 15. The Balaban J connectivity index is 0.00000612. The average Bonchev–Trinajstić information content (AvgIpc) is 2.86. The minimum Gasteiger partial charge on any atom is -1.00 e. The highest BCUT2D eigenvalue weighted by atomic mass is 79.9. The van der Waals surface area contributed by atoms with Crippen molar-refractivity contribution in [2.75, 3.05) is 38.6 Å². The van der Waals surface area contributed by atoms with Gasteiger partial charge in [-0.25, -0.2) is 4.79 Å². The molecule has 0 atom stereocenters. The second-order valence-corrected chi connectivity index (χ2v) is 9.32. The third-order valence-corrected chi connectivity index (χ3v) is 6.83. The van der Waals surface area contributed by atoms with E-state index in [1.807, 2.05) is 24.3 Å². The Morgan fingerprint density at radius 1 is 0.857 bits per heavy atom. The molecule has 0 saturated carbocycles. The molecule has 0 radical (unpaired) electrons. The molecule has 0 spiro atoms. The number of hydrogen-bond acceptors (Lipinski definition) is 3. The lowest BCUT2D eigenvalue weighted by Crippen LogP contribution is -3.00. The van der Waals surface area contributed by atoms with Gasteiger partial charge in [0.15, 0.2) is 0 Å². The van der Waals surface area contributed by atoms with Gasteiger partial charge in [0.05, 0.1) is 25.7 Å². The van der Waals surface area contributed by atoms with Crippen LogP contribution in [0.1, 0.15) is 85.6 Å². The molecule has 0 bridgehead atoms. The van der Waals surface area contributed by atoms with E-state index in [2.05, 4.69) is 33.1 Å². The van der Waals surface area contributed by atoms with Gasteiger partial charge in [0, 0.05) is 11.3 Å². The number of nitrogens with zero attached hydrogens (tertiary/aromatic N) is 1. The molecule has 6 heteroatoms. The SMILES string of the molecule is CCCCCCCCc1ccccc1C(=O)Nc1ccc(C(=O)OCC[N+](C)(CC)CC)cc1.[Br-]. The Bertz CT molecular complexity index is 895. The molecule has 2 rings (SSSR count). The summed E-state index contributed by atoms with van der Waals surface area (Å²) in [5.41, 5.74) is 2.95. The van der Waals surface area contributed by atoms with Gasteiger partial charge in [-0.2, -0.15) is 0 Å². The molecule has 0 aliphatic carbocycles. The van der Waals surface area contributed by atoms with Gasteiger partial charge in [-0.3, -0.25) is 4.79 Å². The lowest BCUT2D eigenvalue weighted by molar-refractivity contribution is -0.906. The Labute approximate surface area is 222 Å². The summed E-state index contributed by atoms with van der Waals surface area (Å²) in [5, 5.41) is 2.97. The fraction of sp³-hybridized carbons (Fsp3) is 0.517. The highest BCUT2D eigenvalue weighted by molar-refractivity contribution is 6.05. The maximum Gasteiger partial charge on any atom is 0.338 e. The number of carbonyl (C=O) groups excluding carboxylic acids is 2. The zero-order valence-electron chi connectivity index (χ0n) is 21.9. The summed E-state index contributed by atoms with van der Waals surface area (Å²) in [6.45, 7) is 9.71. The number of benzene rings is 2. The molecule has 5 nitrogen and oxygen atoms in total. The van der Waals surface area contributed by atoms with Crippen molar-refractivity contribution >= 4 is 17.6 Å². The Morgan fingerprint density at radius 3 is 2.14 bits per heavy atom. The first-order chi connectivity index (χ1) is 16.4. The fourth-order valence-electron chi connectivity index (χ4n) is 3.93. The number of anilines is 1. The highest BCUT2D eigenvalue weighted by Crippen LogP contribution is 2.17. The van der Waals surface area contributed by atoms with E-state index < -0.39 is 0 Å². The quantitative estimate of drug-likeness (QED) is 0.211. The Morgan fingerprint density at radius 2 is 1.49 bits per heavy atom. The van der Waals surface area contributed by atoms with Gasteiger partial charge < -0.3 is 31.5 Å². The summed E-state index contributed by atoms with van der Waals surface area (Å²) in [4.78, 5) is 25.3. The van der Waals surface area contributed by atoms with Crippen molar-refractivity contribution < 1.29 is 35.8 Å². The van der Waals surface area contributed by atoms with Crippen molar-refractivity contribution in [3.63, 3.8) is 0 Å². The van der Waals surface area contributed by atoms with Gasteiger partial charge in [0.25, 0.3) is 5.91 Å². The monoisotopic (exact) mass is 546 g/mol. The third kappa shape index (κ3) is 10.5. The van der Waals surface area contributed by atoms with Crippen LogP contribution in [0.3, 0.4) is 0 Å². The normalized spacial score (nSPS) is 11.0. The van der Waals surface area contributed by atoms with E-state index in [1.165, 1.54) is 32.1 Å². The summed E-state index contributed by atoms with van der Waals surface area (Å²) < 4.78 is 6.33. The maximum atomic E-state index is 12.9. The number of hydrogen-bond donors (Lipinski definition) is 1. The number of likely N-dealkylation sites (N-methyl/N-ethyl adjacent to an activating group) is 1. The van der Waals surface area contributed by atoms with Crippen LogP contribution in [0.15, 0.2) is 48.5 Å². The number of aryl methyl sites for hydroxylation is 1. The first-order valence-electron chi connectivity index (χ1n) is 12.9. The molecule has 2 aromatic rings. The summed E-state index contributed by atoms with van der Waals surface area (Å²) in [6.07, 6.45) is 8.30. The number of unbranched alkanes of at least 4 members (excludes halogenated alkanes) is 5. The fourth-order valence-corrected chi connectivity index (χ4v) is 3.93. The van der Waals surface area contributed by atoms with E-state index in [-0.39, 0.29) is 28.9 Å². The van der Waals surface area contributed by atoms with Crippen molar-refractivity contribution in [1.82, 2.24) is 0 Å².